The van der Waals surface area contributed by atoms with Crippen LogP contribution >= 0.6 is 31.9 Å². The van der Waals surface area contributed by atoms with E-state index in [4.69, 9.17) is 5.21 Å². The Bertz CT molecular complexity index is 800. The van der Waals surface area contributed by atoms with Crippen LogP contribution in [-0.4, -0.2) is 16.7 Å². The van der Waals surface area contributed by atoms with Crippen LogP contribution in [0.15, 0.2) is 50.5 Å². The molecule has 2 aliphatic carbocycles. The Morgan fingerprint density at radius 1 is 0.826 bits per heavy atom. The van der Waals surface area contributed by atoms with Gasteiger partial charge in [-0.3, -0.25) is 4.79 Å². The number of benzene rings is 2. The summed E-state index contributed by atoms with van der Waals surface area (Å²) >= 11 is 6.78. The van der Waals surface area contributed by atoms with Crippen LogP contribution in [0.2, 0.25) is 0 Å². The fourth-order valence-electron chi connectivity index (χ4n) is 2.97. The van der Waals surface area contributed by atoms with Gasteiger partial charge in [0.2, 0.25) is 0 Å². The molecule has 2 aliphatic rings. The summed E-state index contributed by atoms with van der Waals surface area (Å²) in [6.45, 7) is 0. The van der Waals surface area contributed by atoms with E-state index in [-0.39, 0.29) is 5.78 Å². The summed E-state index contributed by atoms with van der Waals surface area (Å²) in [5.74, 6) is 0.285. The third-order valence-electron chi connectivity index (χ3n) is 4.12. The average molecular weight is 437 g/mol. The largest absolute Gasteiger partial charge is 0.411 e. The molecule has 5 heteroatoms. The van der Waals surface area contributed by atoms with Crippen LogP contribution < -0.4 is 0 Å². The van der Waals surface area contributed by atoms with Crippen molar-refractivity contribution in [1.29, 1.82) is 0 Å². The predicted octanol–water partition coefficient (Wildman–Crippen LogP) is 5.15. The zero-order valence-electron chi connectivity index (χ0n) is 12.4. The van der Waals surface area contributed by atoms with E-state index in [9.17, 15) is 4.79 Å². The van der Waals surface area contributed by atoms with Crippen molar-refractivity contribution in [2.45, 2.75) is 25.7 Å². The van der Waals surface area contributed by atoms with Crippen LogP contribution in [-0.2, 0) is 12.8 Å². The number of nitrogens with zero attached hydrogens (tertiary/aromatic N) is 1. The number of aryl methyl sites for hydroxylation is 2. The molecule has 0 aliphatic heterocycles. The first-order valence-electron chi connectivity index (χ1n) is 7.40. The second-order valence-electron chi connectivity index (χ2n) is 5.57. The molecule has 0 fully saturated rings. The van der Waals surface area contributed by atoms with Crippen molar-refractivity contribution < 1.29 is 10.0 Å². The summed E-state index contributed by atoms with van der Waals surface area (Å²) in [5.41, 5.74) is 5.24. The van der Waals surface area contributed by atoms with Gasteiger partial charge in [-0.1, -0.05) is 49.1 Å². The lowest BCUT2D eigenvalue weighted by Gasteiger charge is -1.97. The van der Waals surface area contributed by atoms with E-state index in [2.05, 4.69) is 43.1 Å². The smallest absolute Gasteiger partial charge is 0.163 e. The molecule has 4 rings (SSSR count). The zero-order valence-corrected chi connectivity index (χ0v) is 15.5. The molecule has 0 unspecified atom stereocenters. The van der Waals surface area contributed by atoms with Crippen LogP contribution in [0.25, 0.3) is 0 Å². The van der Waals surface area contributed by atoms with Crippen molar-refractivity contribution in [3.05, 3.63) is 67.6 Å². The topological polar surface area (TPSA) is 49.7 Å². The van der Waals surface area contributed by atoms with Gasteiger partial charge < -0.3 is 5.21 Å². The molecule has 0 bridgehead atoms. The van der Waals surface area contributed by atoms with Crippen LogP contribution in [0, 0.1) is 0 Å². The quantitative estimate of drug-likeness (QED) is 0.458. The second-order valence-corrected chi connectivity index (χ2v) is 7.40. The molecule has 0 atom stereocenters. The van der Waals surface area contributed by atoms with Crippen molar-refractivity contribution in [1.82, 2.24) is 0 Å². The minimum atomic E-state index is 0.285. The molecule has 0 spiro atoms. The minimum Gasteiger partial charge on any atom is -0.411 e. The van der Waals surface area contributed by atoms with Crippen molar-refractivity contribution >= 4 is 43.4 Å². The van der Waals surface area contributed by atoms with E-state index in [1.165, 1.54) is 11.1 Å². The summed E-state index contributed by atoms with van der Waals surface area (Å²) in [4.78, 5) is 11.2. The molecule has 0 saturated carbocycles. The molecule has 0 heterocycles. The SMILES string of the molecule is O=C1CCc2cc(Br)ccc21.ON=C1CCc2cc(Br)ccc21. The van der Waals surface area contributed by atoms with E-state index in [1.807, 2.05) is 30.3 Å². The second kappa shape index (κ2) is 6.97. The average Bonchev–Trinajstić information content (AvgIpc) is 3.11. The van der Waals surface area contributed by atoms with Crippen molar-refractivity contribution in [2.75, 3.05) is 0 Å². The van der Waals surface area contributed by atoms with Crippen LogP contribution in [0.3, 0.4) is 0 Å². The number of ketones is 1. The normalized spacial score (nSPS) is 16.8. The number of fused-ring (bicyclic) bond motifs is 2. The third kappa shape index (κ3) is 3.56. The number of Topliss-reactive ketones (excluding diaryl/α,β-unsaturated/α-hetero) is 1. The highest BCUT2D eigenvalue weighted by Crippen LogP contribution is 2.26. The Kier molecular flexibility index (Phi) is 4.97. The monoisotopic (exact) mass is 435 g/mol. The van der Waals surface area contributed by atoms with Gasteiger partial charge in [-0.05, 0) is 54.7 Å². The lowest BCUT2D eigenvalue weighted by Crippen LogP contribution is -1.92. The Balaban J connectivity index is 0.000000136. The molecule has 0 amide bonds. The van der Waals surface area contributed by atoms with Crippen molar-refractivity contribution in [3.8, 4) is 0 Å². The number of oxime groups is 1. The van der Waals surface area contributed by atoms with E-state index >= 15 is 0 Å². The summed E-state index contributed by atoms with van der Waals surface area (Å²) in [6, 6.07) is 11.9. The molecule has 0 aromatic heterocycles. The number of rotatable bonds is 0. The fourth-order valence-corrected chi connectivity index (χ4v) is 3.78. The number of carbonyl (C=O) groups excluding carboxylic acids is 1. The van der Waals surface area contributed by atoms with Gasteiger partial charge in [0.05, 0.1) is 5.71 Å². The molecular weight excluding hydrogens is 422 g/mol. The van der Waals surface area contributed by atoms with Gasteiger partial charge in [0.1, 0.15) is 0 Å². The Morgan fingerprint density at radius 3 is 2.04 bits per heavy atom. The molecule has 23 heavy (non-hydrogen) atoms. The maximum atomic E-state index is 11.2. The Labute approximate surface area is 151 Å². The van der Waals surface area contributed by atoms with E-state index < -0.39 is 0 Å². The highest BCUT2D eigenvalue weighted by Gasteiger charge is 2.18. The van der Waals surface area contributed by atoms with E-state index in [0.717, 1.165) is 45.0 Å². The van der Waals surface area contributed by atoms with E-state index in [1.54, 1.807) is 0 Å². The highest BCUT2D eigenvalue weighted by atomic mass is 79.9. The molecule has 0 radical (unpaired) electrons. The number of carbonyl (C=O) groups is 1. The van der Waals surface area contributed by atoms with Gasteiger partial charge in [0.15, 0.2) is 5.78 Å². The van der Waals surface area contributed by atoms with Gasteiger partial charge >= 0.3 is 0 Å². The molecule has 118 valence electrons. The zero-order chi connectivity index (χ0) is 16.4. The highest BCUT2D eigenvalue weighted by molar-refractivity contribution is 9.10. The molecule has 0 saturated heterocycles. The van der Waals surface area contributed by atoms with E-state index in [0.29, 0.717) is 6.42 Å². The first-order chi connectivity index (χ1) is 11.1. The maximum Gasteiger partial charge on any atom is 0.163 e. The van der Waals surface area contributed by atoms with Gasteiger partial charge in [-0.25, -0.2) is 0 Å². The number of hydrogen-bond donors (Lipinski definition) is 1. The summed E-state index contributed by atoms with van der Waals surface area (Å²) in [5, 5.41) is 11.9. The maximum absolute atomic E-state index is 11.2. The van der Waals surface area contributed by atoms with Crippen LogP contribution in [0.4, 0.5) is 0 Å². The minimum absolute atomic E-state index is 0.285. The molecule has 2 aromatic carbocycles. The lowest BCUT2D eigenvalue weighted by molar-refractivity contribution is 0.0994. The van der Waals surface area contributed by atoms with Crippen molar-refractivity contribution in [2.24, 2.45) is 5.16 Å². The first kappa shape index (κ1) is 16.4. The molecular formula is C18H15Br2NO2. The predicted molar refractivity (Wildman–Crippen MR) is 97.6 cm³/mol. The van der Waals surface area contributed by atoms with Gasteiger partial charge in [-0.2, -0.15) is 0 Å². The lowest BCUT2D eigenvalue weighted by atomic mass is 10.1. The van der Waals surface area contributed by atoms with Crippen molar-refractivity contribution in [3.63, 3.8) is 0 Å². The standard InChI is InChI=1S/C9H8BrNO.C9H7BrO/c10-7-2-3-8-6(5-7)1-4-9(8)11-12;10-7-2-3-8-6(5-7)1-4-9(8)11/h2-3,5,12H,1,4H2;2-3,5H,1,4H2. The van der Waals surface area contributed by atoms with Crippen LogP contribution in [0.1, 0.15) is 39.9 Å². The Morgan fingerprint density at radius 2 is 1.39 bits per heavy atom. The first-order valence-corrected chi connectivity index (χ1v) is 8.98. The molecule has 3 nitrogen and oxygen atoms in total. The molecule has 1 N–H and O–H groups in total. The third-order valence-corrected chi connectivity index (χ3v) is 5.11. The summed E-state index contributed by atoms with van der Waals surface area (Å²) in [7, 11) is 0. The van der Waals surface area contributed by atoms with Gasteiger partial charge in [0, 0.05) is 26.5 Å². The summed E-state index contributed by atoms with van der Waals surface area (Å²) < 4.78 is 2.14. The van der Waals surface area contributed by atoms with Crippen LogP contribution in [0.5, 0.6) is 0 Å². The number of hydrogen-bond acceptors (Lipinski definition) is 3. The Hall–Kier alpha value is -1.46. The van der Waals surface area contributed by atoms with Gasteiger partial charge in [-0.15, -0.1) is 0 Å². The summed E-state index contributed by atoms with van der Waals surface area (Å²) in [6.07, 6.45) is 3.43. The van der Waals surface area contributed by atoms with Gasteiger partial charge in [0.25, 0.3) is 0 Å². The number of halogens is 2. The molecule has 2 aromatic rings. The fraction of sp³-hybridized carbons (Fsp3) is 0.222.